The first kappa shape index (κ1) is 17.7. The van der Waals surface area contributed by atoms with Crippen molar-refractivity contribution in [3.8, 4) is 0 Å². The third-order valence-electron chi connectivity index (χ3n) is 2.22. The van der Waals surface area contributed by atoms with Crippen LogP contribution in [-0.2, 0) is 10.0 Å². The minimum atomic E-state index is -4.47. The van der Waals surface area contributed by atoms with Gasteiger partial charge >= 0.3 is 5.51 Å². The molecule has 2 rings (SSSR count). The molecule has 120 valence electrons. The molecule has 22 heavy (non-hydrogen) atoms. The number of hydrogen-bond acceptors (Lipinski definition) is 4. The molecule has 0 saturated heterocycles. The van der Waals surface area contributed by atoms with Crippen LogP contribution in [0.25, 0.3) is 0 Å². The predicted octanol–water partition coefficient (Wildman–Crippen LogP) is 5.47. The van der Waals surface area contributed by atoms with Gasteiger partial charge in [-0.05, 0) is 42.1 Å². The number of anilines is 1. The van der Waals surface area contributed by atoms with Gasteiger partial charge in [-0.2, -0.15) is 13.2 Å². The Morgan fingerprint density at radius 1 is 1.14 bits per heavy atom. The van der Waals surface area contributed by atoms with Gasteiger partial charge in [-0.3, -0.25) is 4.72 Å². The molecule has 0 saturated carbocycles. The van der Waals surface area contributed by atoms with Crippen LogP contribution in [0.15, 0.2) is 39.4 Å². The molecule has 3 nitrogen and oxygen atoms in total. The molecule has 0 bridgehead atoms. The van der Waals surface area contributed by atoms with E-state index in [1.807, 2.05) is 0 Å². The van der Waals surface area contributed by atoms with Crippen LogP contribution >= 0.6 is 46.3 Å². The molecular formula is C11H6Cl2F3NO2S3. The van der Waals surface area contributed by atoms with Gasteiger partial charge in [0, 0.05) is 4.90 Å². The van der Waals surface area contributed by atoms with Crippen molar-refractivity contribution < 1.29 is 21.6 Å². The third-order valence-corrected chi connectivity index (χ3v) is 6.56. The molecule has 0 aliphatic heterocycles. The fourth-order valence-corrected chi connectivity index (χ4v) is 4.79. The molecule has 11 heteroatoms. The number of thioether (sulfide) groups is 1. The van der Waals surface area contributed by atoms with E-state index in [0.29, 0.717) is 4.34 Å². The van der Waals surface area contributed by atoms with E-state index in [4.69, 9.17) is 23.2 Å². The van der Waals surface area contributed by atoms with E-state index in [2.05, 4.69) is 4.72 Å². The number of sulfonamides is 1. The zero-order valence-corrected chi connectivity index (χ0v) is 14.3. The molecule has 1 aromatic carbocycles. The lowest BCUT2D eigenvalue weighted by Crippen LogP contribution is -2.11. The van der Waals surface area contributed by atoms with Crippen molar-refractivity contribution in [2.45, 2.75) is 14.6 Å². The molecule has 0 unspecified atom stereocenters. The highest BCUT2D eigenvalue weighted by atomic mass is 35.5. The summed E-state index contributed by atoms with van der Waals surface area (Å²) in [7, 11) is -3.86. The normalized spacial score (nSPS) is 12.4. The first-order chi connectivity index (χ1) is 10.1. The number of thiophene rings is 1. The third kappa shape index (κ3) is 4.69. The Labute approximate surface area is 142 Å². The summed E-state index contributed by atoms with van der Waals surface area (Å²) in [5.74, 6) is 0. The molecule has 0 aliphatic carbocycles. The molecule has 1 aromatic heterocycles. The van der Waals surface area contributed by atoms with Crippen molar-refractivity contribution in [2.24, 2.45) is 0 Å². The summed E-state index contributed by atoms with van der Waals surface area (Å²) in [5, 5.41) is -0.202. The first-order valence-corrected chi connectivity index (χ1v) is 9.27. The van der Waals surface area contributed by atoms with Gasteiger partial charge in [0.05, 0.1) is 15.0 Å². The zero-order chi connectivity index (χ0) is 16.5. The van der Waals surface area contributed by atoms with Crippen LogP contribution in [0.1, 0.15) is 0 Å². The van der Waals surface area contributed by atoms with E-state index in [-0.39, 0.29) is 31.6 Å². The number of benzene rings is 1. The second-order valence-corrected chi connectivity index (χ2v) is 9.00. The van der Waals surface area contributed by atoms with Gasteiger partial charge < -0.3 is 0 Å². The van der Waals surface area contributed by atoms with Crippen LogP contribution in [0, 0.1) is 0 Å². The van der Waals surface area contributed by atoms with E-state index in [1.54, 1.807) is 0 Å². The summed E-state index contributed by atoms with van der Waals surface area (Å²) in [6.45, 7) is 0. The van der Waals surface area contributed by atoms with E-state index in [1.165, 1.54) is 18.2 Å². The van der Waals surface area contributed by atoms with Gasteiger partial charge in [0.2, 0.25) is 0 Å². The van der Waals surface area contributed by atoms with Crippen LogP contribution < -0.4 is 4.72 Å². The smallest absolute Gasteiger partial charge is 0.279 e. The Bertz CT molecular complexity index is 790. The minimum Gasteiger partial charge on any atom is -0.279 e. The summed E-state index contributed by atoms with van der Waals surface area (Å²) in [5.41, 5.74) is -4.42. The quantitative estimate of drug-likeness (QED) is 0.683. The second kappa shape index (κ2) is 6.48. The lowest BCUT2D eigenvalue weighted by Gasteiger charge is -2.10. The molecule has 1 N–H and O–H groups in total. The second-order valence-electron chi connectivity index (χ2n) is 3.86. The average molecular weight is 408 g/mol. The summed E-state index contributed by atoms with van der Waals surface area (Å²) in [4.78, 5) is -0.212. The maximum atomic E-state index is 12.3. The Balaban J connectivity index is 2.22. The van der Waals surface area contributed by atoms with E-state index in [0.717, 1.165) is 23.5 Å². The van der Waals surface area contributed by atoms with Crippen LogP contribution in [-0.4, -0.2) is 13.9 Å². The molecule has 0 amide bonds. The number of alkyl halides is 3. The summed E-state index contributed by atoms with van der Waals surface area (Å²) in [6, 6.07) is 6.16. The van der Waals surface area contributed by atoms with Gasteiger partial charge in [-0.1, -0.05) is 23.2 Å². The SMILES string of the molecule is O=S(=O)(Nc1ccc(SC(F)(F)F)c(Cl)c1)c1ccc(Cl)s1. The molecule has 1 heterocycles. The Hall–Kier alpha value is -0.610. The lowest BCUT2D eigenvalue weighted by molar-refractivity contribution is -0.0328. The average Bonchev–Trinajstić information content (AvgIpc) is 2.78. The molecule has 0 atom stereocenters. The minimum absolute atomic E-state index is 0.0117. The lowest BCUT2D eigenvalue weighted by atomic mass is 10.3. The molecule has 0 fully saturated rings. The van der Waals surface area contributed by atoms with E-state index in [9.17, 15) is 21.6 Å². The number of hydrogen-bond donors (Lipinski definition) is 1. The Morgan fingerprint density at radius 2 is 1.82 bits per heavy atom. The summed E-state index contributed by atoms with van der Waals surface area (Å²) in [6.07, 6.45) is 0. The predicted molar refractivity (Wildman–Crippen MR) is 83.5 cm³/mol. The van der Waals surface area contributed by atoms with Crippen LogP contribution in [0.4, 0.5) is 18.9 Å². The fraction of sp³-hybridized carbons (Fsp3) is 0.0909. The highest BCUT2D eigenvalue weighted by Crippen LogP contribution is 2.41. The Morgan fingerprint density at radius 3 is 2.32 bits per heavy atom. The van der Waals surface area contributed by atoms with E-state index < -0.39 is 15.5 Å². The summed E-state index contributed by atoms with van der Waals surface area (Å²) >= 11 is 11.9. The summed E-state index contributed by atoms with van der Waals surface area (Å²) < 4.78 is 63.5. The molecule has 0 radical (unpaired) electrons. The van der Waals surface area contributed by atoms with E-state index >= 15 is 0 Å². The van der Waals surface area contributed by atoms with Gasteiger partial charge in [0.15, 0.2) is 0 Å². The number of halogens is 5. The van der Waals surface area contributed by atoms with Crippen molar-refractivity contribution in [1.82, 2.24) is 0 Å². The van der Waals surface area contributed by atoms with Gasteiger partial charge in [-0.25, -0.2) is 8.42 Å². The van der Waals surface area contributed by atoms with Crippen molar-refractivity contribution in [3.05, 3.63) is 39.7 Å². The van der Waals surface area contributed by atoms with Crippen molar-refractivity contribution >= 4 is 62.0 Å². The highest BCUT2D eigenvalue weighted by Gasteiger charge is 2.30. The first-order valence-electron chi connectivity index (χ1n) is 5.40. The van der Waals surface area contributed by atoms with Crippen molar-refractivity contribution in [2.75, 3.05) is 4.72 Å². The standard InChI is InChI=1S/C11H6Cl2F3NO2S3/c12-7-5-6(1-2-8(7)21-11(14,15)16)17-22(18,19)10-4-3-9(13)20-10/h1-5,17H. The molecule has 2 aromatic rings. The van der Waals surface area contributed by atoms with Crippen molar-refractivity contribution in [1.29, 1.82) is 0 Å². The Kier molecular flexibility index (Phi) is 5.23. The number of nitrogens with one attached hydrogen (secondary N) is 1. The monoisotopic (exact) mass is 407 g/mol. The van der Waals surface area contributed by atoms with Crippen LogP contribution in [0.5, 0.6) is 0 Å². The van der Waals surface area contributed by atoms with Crippen molar-refractivity contribution in [3.63, 3.8) is 0 Å². The molecule has 0 aliphatic rings. The number of rotatable bonds is 4. The zero-order valence-electron chi connectivity index (χ0n) is 10.3. The van der Waals surface area contributed by atoms with Gasteiger partial charge in [0.1, 0.15) is 4.21 Å². The maximum absolute atomic E-state index is 12.3. The maximum Gasteiger partial charge on any atom is 0.446 e. The highest BCUT2D eigenvalue weighted by molar-refractivity contribution is 8.00. The van der Waals surface area contributed by atoms with Crippen LogP contribution in [0.3, 0.4) is 0 Å². The molecular weight excluding hydrogens is 402 g/mol. The topological polar surface area (TPSA) is 46.2 Å². The van der Waals surface area contributed by atoms with Gasteiger partial charge in [0.25, 0.3) is 10.0 Å². The molecule has 0 spiro atoms. The van der Waals surface area contributed by atoms with Gasteiger partial charge in [-0.15, -0.1) is 11.3 Å². The largest absolute Gasteiger partial charge is 0.446 e. The fourth-order valence-electron chi connectivity index (χ4n) is 1.42. The van der Waals surface area contributed by atoms with Crippen LogP contribution in [0.2, 0.25) is 9.36 Å².